The SMILES string of the molecule is Cc1cc(C(N)=O)cc(Oc2cc(F)ccc2Br)n1. The van der Waals surface area contributed by atoms with E-state index in [4.69, 9.17) is 10.5 Å². The minimum Gasteiger partial charge on any atom is -0.438 e. The van der Waals surface area contributed by atoms with Gasteiger partial charge in [-0.2, -0.15) is 0 Å². The fraction of sp³-hybridized carbons (Fsp3) is 0.0769. The zero-order valence-electron chi connectivity index (χ0n) is 9.98. The van der Waals surface area contributed by atoms with Gasteiger partial charge >= 0.3 is 0 Å². The van der Waals surface area contributed by atoms with Crippen LogP contribution in [0.5, 0.6) is 11.6 Å². The van der Waals surface area contributed by atoms with Crippen molar-refractivity contribution in [3.8, 4) is 11.6 Å². The van der Waals surface area contributed by atoms with Crippen LogP contribution >= 0.6 is 15.9 Å². The highest BCUT2D eigenvalue weighted by Crippen LogP contribution is 2.29. The summed E-state index contributed by atoms with van der Waals surface area (Å²) in [6, 6.07) is 7.01. The van der Waals surface area contributed by atoms with E-state index in [2.05, 4.69) is 20.9 Å². The highest BCUT2D eigenvalue weighted by molar-refractivity contribution is 9.10. The third-order valence-corrected chi connectivity index (χ3v) is 2.98. The highest BCUT2D eigenvalue weighted by Gasteiger charge is 2.09. The van der Waals surface area contributed by atoms with Crippen molar-refractivity contribution in [3.05, 3.63) is 51.9 Å². The minimum absolute atomic E-state index is 0.181. The number of carbonyl (C=O) groups excluding carboxylic acids is 1. The molecule has 0 aliphatic heterocycles. The van der Waals surface area contributed by atoms with Crippen LogP contribution in [0.1, 0.15) is 16.1 Å². The Kier molecular flexibility index (Phi) is 3.80. The van der Waals surface area contributed by atoms with Gasteiger partial charge in [0.25, 0.3) is 0 Å². The van der Waals surface area contributed by atoms with Gasteiger partial charge in [0.15, 0.2) is 0 Å². The molecule has 4 nitrogen and oxygen atoms in total. The number of halogens is 2. The molecule has 0 unspecified atom stereocenters. The average molecular weight is 325 g/mol. The second-order valence-electron chi connectivity index (χ2n) is 3.88. The van der Waals surface area contributed by atoms with E-state index in [0.29, 0.717) is 10.2 Å². The van der Waals surface area contributed by atoms with Gasteiger partial charge in [-0.05, 0) is 41.1 Å². The molecule has 0 aliphatic rings. The van der Waals surface area contributed by atoms with Gasteiger partial charge in [0, 0.05) is 23.4 Å². The van der Waals surface area contributed by atoms with Crippen LogP contribution in [-0.4, -0.2) is 10.9 Å². The first-order chi connectivity index (χ1) is 8.95. The Balaban J connectivity index is 2.38. The number of pyridine rings is 1. The molecule has 0 radical (unpaired) electrons. The van der Waals surface area contributed by atoms with Gasteiger partial charge in [-0.3, -0.25) is 4.79 Å². The van der Waals surface area contributed by atoms with Crippen molar-refractivity contribution in [2.24, 2.45) is 5.73 Å². The van der Waals surface area contributed by atoms with Crippen LogP contribution in [0.25, 0.3) is 0 Å². The lowest BCUT2D eigenvalue weighted by Crippen LogP contribution is -2.11. The number of hydrogen-bond acceptors (Lipinski definition) is 3. The quantitative estimate of drug-likeness (QED) is 0.942. The number of hydrogen-bond donors (Lipinski definition) is 1. The molecule has 1 heterocycles. The Morgan fingerprint density at radius 1 is 1.37 bits per heavy atom. The van der Waals surface area contributed by atoms with Crippen molar-refractivity contribution in [1.29, 1.82) is 0 Å². The number of primary amides is 1. The maximum absolute atomic E-state index is 13.1. The molecule has 19 heavy (non-hydrogen) atoms. The third kappa shape index (κ3) is 3.29. The van der Waals surface area contributed by atoms with E-state index >= 15 is 0 Å². The molecule has 0 fully saturated rings. The number of ether oxygens (including phenoxy) is 1. The van der Waals surface area contributed by atoms with Crippen LogP contribution in [0, 0.1) is 12.7 Å². The summed E-state index contributed by atoms with van der Waals surface area (Å²) in [7, 11) is 0. The number of nitrogens with zero attached hydrogens (tertiary/aromatic N) is 1. The second-order valence-corrected chi connectivity index (χ2v) is 4.73. The van der Waals surface area contributed by atoms with E-state index in [1.54, 1.807) is 13.0 Å². The van der Waals surface area contributed by atoms with Gasteiger partial charge in [-0.25, -0.2) is 9.37 Å². The molecule has 0 bridgehead atoms. The van der Waals surface area contributed by atoms with Gasteiger partial charge in [-0.15, -0.1) is 0 Å². The van der Waals surface area contributed by atoms with Gasteiger partial charge < -0.3 is 10.5 Å². The van der Waals surface area contributed by atoms with Gasteiger partial charge in [0.05, 0.1) is 4.47 Å². The first kappa shape index (κ1) is 13.5. The van der Waals surface area contributed by atoms with E-state index in [0.717, 1.165) is 0 Å². The molecular weight excluding hydrogens is 315 g/mol. The topological polar surface area (TPSA) is 65.2 Å². The zero-order valence-corrected chi connectivity index (χ0v) is 11.6. The Hall–Kier alpha value is -1.95. The molecule has 0 atom stereocenters. The Morgan fingerprint density at radius 3 is 2.79 bits per heavy atom. The fourth-order valence-corrected chi connectivity index (χ4v) is 1.83. The number of carbonyl (C=O) groups is 1. The molecule has 1 aromatic carbocycles. The summed E-state index contributed by atoms with van der Waals surface area (Å²) in [6.07, 6.45) is 0. The van der Waals surface area contributed by atoms with Crippen LogP contribution in [0.2, 0.25) is 0 Å². The van der Waals surface area contributed by atoms with Crippen molar-refractivity contribution < 1.29 is 13.9 Å². The smallest absolute Gasteiger partial charge is 0.248 e. The molecule has 0 saturated carbocycles. The molecule has 1 amide bonds. The van der Waals surface area contributed by atoms with E-state index in [1.165, 1.54) is 24.3 Å². The Bertz CT molecular complexity index is 647. The number of aryl methyl sites for hydroxylation is 1. The average Bonchev–Trinajstić information content (AvgIpc) is 2.33. The van der Waals surface area contributed by atoms with Crippen molar-refractivity contribution in [2.45, 2.75) is 6.92 Å². The van der Waals surface area contributed by atoms with Crippen molar-refractivity contribution >= 4 is 21.8 Å². The van der Waals surface area contributed by atoms with Crippen LogP contribution in [0.3, 0.4) is 0 Å². The summed E-state index contributed by atoms with van der Waals surface area (Å²) in [5.41, 5.74) is 6.08. The predicted molar refractivity (Wildman–Crippen MR) is 71.7 cm³/mol. The molecule has 0 aliphatic carbocycles. The summed E-state index contributed by atoms with van der Waals surface area (Å²) in [5, 5.41) is 0. The number of rotatable bonds is 3. The molecule has 2 N–H and O–H groups in total. The standard InChI is InChI=1S/C13H10BrFN2O2/c1-7-4-8(13(16)18)5-12(17-7)19-11-6-9(15)2-3-10(11)14/h2-6H,1H3,(H2,16,18). The van der Waals surface area contributed by atoms with Crippen LogP contribution in [0.4, 0.5) is 4.39 Å². The molecule has 2 aromatic rings. The van der Waals surface area contributed by atoms with Gasteiger partial charge in [-0.1, -0.05) is 0 Å². The molecule has 0 saturated heterocycles. The maximum atomic E-state index is 13.1. The van der Waals surface area contributed by atoms with Crippen molar-refractivity contribution in [2.75, 3.05) is 0 Å². The third-order valence-electron chi connectivity index (χ3n) is 2.32. The van der Waals surface area contributed by atoms with Crippen molar-refractivity contribution in [1.82, 2.24) is 4.98 Å². The largest absolute Gasteiger partial charge is 0.438 e. The minimum atomic E-state index is -0.575. The lowest BCUT2D eigenvalue weighted by Gasteiger charge is -2.08. The normalized spacial score (nSPS) is 10.3. The second kappa shape index (κ2) is 5.36. The zero-order chi connectivity index (χ0) is 14.0. The number of amides is 1. The molecule has 98 valence electrons. The Morgan fingerprint density at radius 2 is 2.11 bits per heavy atom. The van der Waals surface area contributed by atoms with E-state index in [1.807, 2.05) is 0 Å². The molecule has 0 spiro atoms. The predicted octanol–water partition coefficient (Wildman–Crippen LogP) is 3.18. The lowest BCUT2D eigenvalue weighted by atomic mass is 10.2. The summed E-state index contributed by atoms with van der Waals surface area (Å²) in [5.74, 6) is -0.553. The molecular formula is C13H10BrFN2O2. The molecule has 1 aromatic heterocycles. The monoisotopic (exact) mass is 324 g/mol. The van der Waals surface area contributed by atoms with E-state index in [9.17, 15) is 9.18 Å². The molecule has 2 rings (SSSR count). The first-order valence-electron chi connectivity index (χ1n) is 5.37. The van der Waals surface area contributed by atoms with Crippen molar-refractivity contribution in [3.63, 3.8) is 0 Å². The number of benzene rings is 1. The van der Waals surface area contributed by atoms with Crippen LogP contribution in [0.15, 0.2) is 34.8 Å². The number of nitrogens with two attached hydrogens (primary N) is 1. The Labute approximate surface area is 117 Å². The highest BCUT2D eigenvalue weighted by atomic mass is 79.9. The van der Waals surface area contributed by atoms with Gasteiger partial charge in [0.1, 0.15) is 11.6 Å². The van der Waals surface area contributed by atoms with Crippen LogP contribution in [-0.2, 0) is 0 Å². The summed E-state index contributed by atoms with van der Waals surface area (Å²) < 4.78 is 19.2. The maximum Gasteiger partial charge on any atom is 0.248 e. The lowest BCUT2D eigenvalue weighted by molar-refractivity contribution is 0.0999. The van der Waals surface area contributed by atoms with Gasteiger partial charge in [0.2, 0.25) is 11.8 Å². The summed E-state index contributed by atoms with van der Waals surface area (Å²) in [6.45, 7) is 1.71. The fourth-order valence-electron chi connectivity index (χ4n) is 1.50. The summed E-state index contributed by atoms with van der Waals surface area (Å²) in [4.78, 5) is 15.3. The first-order valence-corrected chi connectivity index (χ1v) is 6.16. The van der Waals surface area contributed by atoms with E-state index in [-0.39, 0.29) is 17.2 Å². The van der Waals surface area contributed by atoms with Crippen LogP contribution < -0.4 is 10.5 Å². The van der Waals surface area contributed by atoms with E-state index < -0.39 is 11.7 Å². The number of aromatic nitrogens is 1. The summed E-state index contributed by atoms with van der Waals surface area (Å²) >= 11 is 3.24. The molecule has 6 heteroatoms.